The van der Waals surface area contributed by atoms with Gasteiger partial charge in [-0.15, -0.1) is 11.8 Å². The molecule has 1 atom stereocenters. The molecule has 0 aliphatic carbocycles. The highest BCUT2D eigenvalue weighted by Gasteiger charge is 2.19. The first kappa shape index (κ1) is 15.4. The first-order chi connectivity index (χ1) is 9.04. The second kappa shape index (κ2) is 7.05. The molecule has 0 heterocycles. The van der Waals surface area contributed by atoms with Gasteiger partial charge in [-0.25, -0.2) is 0 Å². The van der Waals surface area contributed by atoms with Gasteiger partial charge in [-0.1, -0.05) is 6.07 Å². The average molecular weight is 278 g/mol. The van der Waals surface area contributed by atoms with E-state index in [4.69, 9.17) is 5.11 Å². The first-order valence-corrected chi connectivity index (χ1v) is 7.33. The molecular weight excluding hydrogens is 260 g/mol. The van der Waals surface area contributed by atoms with Crippen molar-refractivity contribution in [1.29, 1.82) is 5.26 Å². The zero-order chi connectivity index (χ0) is 14.4. The van der Waals surface area contributed by atoms with Crippen molar-refractivity contribution in [3.8, 4) is 6.07 Å². The van der Waals surface area contributed by atoms with Crippen LogP contribution >= 0.6 is 11.8 Å². The van der Waals surface area contributed by atoms with E-state index in [-0.39, 0.29) is 12.5 Å². The molecule has 5 heteroatoms. The minimum Gasteiger partial charge on any atom is -0.481 e. The molecule has 0 saturated heterocycles. The Morgan fingerprint density at radius 2 is 2.26 bits per heavy atom. The molecule has 0 radical (unpaired) electrons. The van der Waals surface area contributed by atoms with Crippen LogP contribution in [0.1, 0.15) is 25.8 Å². The predicted molar refractivity (Wildman–Crippen MR) is 77.7 cm³/mol. The Hall–Kier alpha value is -1.67. The normalized spacial score (nSPS) is 11.7. The van der Waals surface area contributed by atoms with Crippen LogP contribution in [-0.2, 0) is 4.79 Å². The van der Waals surface area contributed by atoms with Crippen LogP contribution in [0.5, 0.6) is 0 Å². The molecule has 0 aliphatic heterocycles. The van der Waals surface area contributed by atoms with Gasteiger partial charge in [0, 0.05) is 17.5 Å². The summed E-state index contributed by atoms with van der Waals surface area (Å²) in [5.74, 6) is -0.828. The summed E-state index contributed by atoms with van der Waals surface area (Å²) in [5, 5.41) is 18.2. The van der Waals surface area contributed by atoms with Crippen molar-refractivity contribution in [3.63, 3.8) is 0 Å². The van der Waals surface area contributed by atoms with Crippen molar-refractivity contribution >= 4 is 23.4 Å². The Kier molecular flexibility index (Phi) is 5.71. The van der Waals surface area contributed by atoms with Gasteiger partial charge in [-0.2, -0.15) is 5.26 Å². The number of anilines is 1. The van der Waals surface area contributed by atoms with E-state index >= 15 is 0 Å². The molecule has 0 amide bonds. The number of carboxylic acids is 1. The van der Waals surface area contributed by atoms with Crippen LogP contribution in [-0.4, -0.2) is 29.9 Å². The Labute approximate surface area is 118 Å². The molecule has 0 aromatic heterocycles. The number of hydrogen-bond acceptors (Lipinski definition) is 4. The molecule has 1 rings (SSSR count). The minimum absolute atomic E-state index is 0.0577. The molecule has 0 saturated carbocycles. The second-order valence-electron chi connectivity index (χ2n) is 4.20. The van der Waals surface area contributed by atoms with Crippen LogP contribution in [0.15, 0.2) is 23.1 Å². The third-order valence-corrected chi connectivity index (χ3v) is 3.77. The number of hydrogen-bond donors (Lipinski definition) is 1. The van der Waals surface area contributed by atoms with E-state index < -0.39 is 5.97 Å². The SMILES string of the molecule is CCN(c1cccc(SC)c1C#N)C(C)CC(=O)O. The lowest BCUT2D eigenvalue weighted by molar-refractivity contribution is -0.137. The van der Waals surface area contributed by atoms with Crippen LogP contribution in [0.25, 0.3) is 0 Å². The summed E-state index contributed by atoms with van der Waals surface area (Å²) in [5.41, 5.74) is 1.43. The van der Waals surface area contributed by atoms with Crippen molar-refractivity contribution in [3.05, 3.63) is 23.8 Å². The quantitative estimate of drug-likeness (QED) is 0.810. The third-order valence-electron chi connectivity index (χ3n) is 2.99. The van der Waals surface area contributed by atoms with Gasteiger partial charge in [0.25, 0.3) is 0 Å². The number of carboxylic acid groups (broad SMARTS) is 1. The summed E-state index contributed by atoms with van der Waals surface area (Å²) in [6, 6.07) is 7.76. The fourth-order valence-electron chi connectivity index (χ4n) is 2.12. The van der Waals surface area contributed by atoms with E-state index in [1.807, 2.05) is 43.2 Å². The molecular formula is C14H18N2O2S. The number of benzene rings is 1. The maximum atomic E-state index is 10.8. The Morgan fingerprint density at radius 1 is 1.58 bits per heavy atom. The second-order valence-corrected chi connectivity index (χ2v) is 5.05. The molecule has 0 spiro atoms. The molecule has 0 bridgehead atoms. The maximum absolute atomic E-state index is 10.8. The molecule has 1 N–H and O–H groups in total. The summed E-state index contributed by atoms with van der Waals surface area (Å²) < 4.78 is 0. The number of nitrogens with zero attached hydrogens (tertiary/aromatic N) is 2. The number of nitriles is 1. The highest BCUT2D eigenvalue weighted by atomic mass is 32.2. The molecule has 1 unspecified atom stereocenters. The molecule has 19 heavy (non-hydrogen) atoms. The van der Waals surface area contributed by atoms with Crippen LogP contribution in [0.2, 0.25) is 0 Å². The topological polar surface area (TPSA) is 64.3 Å². The summed E-state index contributed by atoms with van der Waals surface area (Å²) in [4.78, 5) is 13.7. The van der Waals surface area contributed by atoms with Crippen LogP contribution in [0.3, 0.4) is 0 Å². The molecule has 102 valence electrons. The zero-order valence-corrected chi connectivity index (χ0v) is 12.2. The van der Waals surface area contributed by atoms with Gasteiger partial charge in [-0.05, 0) is 32.2 Å². The fraction of sp³-hybridized carbons (Fsp3) is 0.429. The fourth-order valence-corrected chi connectivity index (χ4v) is 2.69. The highest BCUT2D eigenvalue weighted by Crippen LogP contribution is 2.30. The average Bonchev–Trinajstić information content (AvgIpc) is 2.38. The third kappa shape index (κ3) is 3.65. The van der Waals surface area contributed by atoms with E-state index in [0.29, 0.717) is 12.1 Å². The summed E-state index contributed by atoms with van der Waals surface area (Å²) in [6.07, 6.45) is 1.99. The Balaban J connectivity index is 3.18. The van der Waals surface area contributed by atoms with E-state index in [9.17, 15) is 10.1 Å². The van der Waals surface area contributed by atoms with Crippen molar-refractivity contribution in [2.45, 2.75) is 31.2 Å². The van der Waals surface area contributed by atoms with Crippen molar-refractivity contribution in [1.82, 2.24) is 0 Å². The summed E-state index contributed by atoms with van der Waals surface area (Å²) >= 11 is 1.52. The van der Waals surface area contributed by atoms with E-state index in [1.54, 1.807) is 0 Å². The molecule has 0 fully saturated rings. The van der Waals surface area contributed by atoms with Crippen molar-refractivity contribution in [2.75, 3.05) is 17.7 Å². The highest BCUT2D eigenvalue weighted by molar-refractivity contribution is 7.98. The molecule has 1 aromatic carbocycles. The molecule has 4 nitrogen and oxygen atoms in total. The molecule has 0 aliphatic rings. The first-order valence-electron chi connectivity index (χ1n) is 6.10. The van der Waals surface area contributed by atoms with Gasteiger partial charge >= 0.3 is 5.97 Å². The van der Waals surface area contributed by atoms with E-state index in [1.165, 1.54) is 11.8 Å². The van der Waals surface area contributed by atoms with Gasteiger partial charge in [0.05, 0.1) is 17.7 Å². The van der Waals surface area contributed by atoms with Crippen LogP contribution in [0.4, 0.5) is 5.69 Å². The largest absolute Gasteiger partial charge is 0.481 e. The predicted octanol–water partition coefficient (Wildman–Crippen LogP) is 2.97. The number of thioether (sulfide) groups is 1. The van der Waals surface area contributed by atoms with Gasteiger partial charge in [0.1, 0.15) is 6.07 Å². The van der Waals surface area contributed by atoms with Gasteiger partial charge in [-0.3, -0.25) is 4.79 Å². The number of carbonyl (C=O) groups is 1. The standard InChI is InChI=1S/C14H18N2O2S/c1-4-16(10(2)8-14(17)18)12-6-5-7-13(19-3)11(12)9-15/h5-7,10H,4,8H2,1-3H3,(H,17,18). The number of rotatable bonds is 6. The van der Waals surface area contributed by atoms with Gasteiger partial charge < -0.3 is 10.0 Å². The molecule has 1 aromatic rings. The summed E-state index contributed by atoms with van der Waals surface area (Å²) in [7, 11) is 0. The monoisotopic (exact) mass is 278 g/mol. The maximum Gasteiger partial charge on any atom is 0.305 e. The summed E-state index contributed by atoms with van der Waals surface area (Å²) in [6.45, 7) is 4.50. The van der Waals surface area contributed by atoms with E-state index in [2.05, 4.69) is 6.07 Å². The number of aliphatic carboxylic acids is 1. The Morgan fingerprint density at radius 3 is 2.74 bits per heavy atom. The lowest BCUT2D eigenvalue weighted by atomic mass is 10.1. The smallest absolute Gasteiger partial charge is 0.305 e. The van der Waals surface area contributed by atoms with E-state index in [0.717, 1.165) is 10.6 Å². The Bertz CT molecular complexity index is 497. The van der Waals surface area contributed by atoms with Crippen molar-refractivity contribution in [2.24, 2.45) is 0 Å². The van der Waals surface area contributed by atoms with Crippen LogP contribution < -0.4 is 4.90 Å². The van der Waals surface area contributed by atoms with Crippen LogP contribution in [0, 0.1) is 11.3 Å². The van der Waals surface area contributed by atoms with Crippen molar-refractivity contribution < 1.29 is 9.90 Å². The lowest BCUT2D eigenvalue weighted by Crippen LogP contribution is -2.35. The zero-order valence-electron chi connectivity index (χ0n) is 11.4. The van der Waals surface area contributed by atoms with Gasteiger partial charge in [0.15, 0.2) is 0 Å². The lowest BCUT2D eigenvalue weighted by Gasteiger charge is -2.30. The van der Waals surface area contributed by atoms with Gasteiger partial charge in [0.2, 0.25) is 0 Å². The minimum atomic E-state index is -0.828.